The van der Waals surface area contributed by atoms with E-state index in [0.717, 1.165) is 16.9 Å². The molecule has 0 aliphatic heterocycles. The van der Waals surface area contributed by atoms with Crippen LogP contribution in [0.2, 0.25) is 0 Å². The van der Waals surface area contributed by atoms with E-state index in [2.05, 4.69) is 17.2 Å². The van der Waals surface area contributed by atoms with Crippen molar-refractivity contribution in [2.24, 2.45) is 5.73 Å². The zero-order valence-corrected chi connectivity index (χ0v) is 12.2. The molecule has 0 atom stereocenters. The molecule has 108 valence electrons. The number of likely N-dealkylation sites (N-methyl/N-ethyl adjacent to an activating group) is 2. The lowest BCUT2D eigenvalue weighted by molar-refractivity contribution is -0.121. The quantitative estimate of drug-likeness (QED) is 0.753. The van der Waals surface area contributed by atoms with Crippen molar-refractivity contribution in [2.75, 3.05) is 34.3 Å². The number of amides is 1. The van der Waals surface area contributed by atoms with Crippen molar-refractivity contribution >= 4 is 5.91 Å². The van der Waals surface area contributed by atoms with Gasteiger partial charge in [0.2, 0.25) is 5.91 Å². The molecule has 0 fully saturated rings. The zero-order chi connectivity index (χ0) is 15.0. The highest BCUT2D eigenvalue weighted by Crippen LogP contribution is 2.19. The van der Waals surface area contributed by atoms with Crippen molar-refractivity contribution < 1.29 is 9.53 Å². The fourth-order valence-electron chi connectivity index (χ4n) is 1.79. The Hall–Kier alpha value is -2.03. The second-order valence-corrected chi connectivity index (χ2v) is 4.39. The van der Waals surface area contributed by atoms with Gasteiger partial charge in [-0.25, -0.2) is 0 Å². The van der Waals surface area contributed by atoms with E-state index in [1.807, 2.05) is 30.1 Å². The van der Waals surface area contributed by atoms with Gasteiger partial charge in [-0.3, -0.25) is 9.69 Å². The normalized spacial score (nSPS) is 9.85. The van der Waals surface area contributed by atoms with Crippen LogP contribution in [0, 0.1) is 11.8 Å². The number of methoxy groups -OCH3 is 1. The van der Waals surface area contributed by atoms with E-state index in [1.54, 1.807) is 14.2 Å². The van der Waals surface area contributed by atoms with Crippen molar-refractivity contribution in [1.29, 1.82) is 0 Å². The van der Waals surface area contributed by atoms with E-state index in [0.29, 0.717) is 19.6 Å². The molecular formula is C15H21N3O2. The van der Waals surface area contributed by atoms with E-state index in [-0.39, 0.29) is 5.91 Å². The predicted octanol–water partition coefficient (Wildman–Crippen LogP) is 0.183. The number of carbonyl (C=O) groups excluding carboxylic acids is 1. The van der Waals surface area contributed by atoms with Crippen molar-refractivity contribution in [2.45, 2.75) is 6.54 Å². The van der Waals surface area contributed by atoms with Gasteiger partial charge in [0.05, 0.1) is 25.8 Å². The van der Waals surface area contributed by atoms with Gasteiger partial charge in [0.25, 0.3) is 0 Å². The standard InChI is InChI=1S/C15H21N3O2/c1-17-15(19)11-18(2)10-12-6-7-14(20-3)13(9-12)5-4-8-16/h6-7,9H,8,10-11,16H2,1-3H3,(H,17,19). The topological polar surface area (TPSA) is 67.6 Å². The number of hydrogen-bond acceptors (Lipinski definition) is 4. The summed E-state index contributed by atoms with van der Waals surface area (Å²) < 4.78 is 5.26. The molecule has 5 heteroatoms. The molecule has 0 aliphatic carbocycles. The molecule has 3 N–H and O–H groups in total. The summed E-state index contributed by atoms with van der Waals surface area (Å²) in [6.45, 7) is 1.32. The van der Waals surface area contributed by atoms with Gasteiger partial charge in [-0.15, -0.1) is 0 Å². The Morgan fingerprint density at radius 3 is 2.85 bits per heavy atom. The largest absolute Gasteiger partial charge is 0.495 e. The SMILES string of the molecule is CNC(=O)CN(C)Cc1ccc(OC)c(C#CCN)c1. The molecule has 20 heavy (non-hydrogen) atoms. The van der Waals surface area contributed by atoms with Crippen LogP contribution in [0.3, 0.4) is 0 Å². The number of carbonyl (C=O) groups is 1. The number of hydrogen-bond donors (Lipinski definition) is 2. The third kappa shape index (κ3) is 4.92. The Balaban J connectivity index is 2.83. The van der Waals surface area contributed by atoms with Crippen LogP contribution in [-0.2, 0) is 11.3 Å². The number of nitrogens with zero attached hydrogens (tertiary/aromatic N) is 1. The highest BCUT2D eigenvalue weighted by Gasteiger charge is 2.07. The molecule has 1 aromatic carbocycles. The zero-order valence-electron chi connectivity index (χ0n) is 12.2. The lowest BCUT2D eigenvalue weighted by Gasteiger charge is -2.16. The maximum atomic E-state index is 11.3. The van der Waals surface area contributed by atoms with Gasteiger partial charge in [0.1, 0.15) is 5.75 Å². The Labute approximate surface area is 120 Å². The van der Waals surface area contributed by atoms with E-state index < -0.39 is 0 Å². The van der Waals surface area contributed by atoms with E-state index in [1.165, 1.54) is 0 Å². The van der Waals surface area contributed by atoms with Crippen molar-refractivity contribution in [3.63, 3.8) is 0 Å². The van der Waals surface area contributed by atoms with Gasteiger partial charge in [-0.05, 0) is 24.7 Å². The first-order chi connectivity index (χ1) is 9.60. The lowest BCUT2D eigenvalue weighted by atomic mass is 10.1. The molecule has 0 aliphatic rings. The molecule has 1 rings (SSSR count). The molecule has 0 bridgehead atoms. The van der Waals surface area contributed by atoms with Crippen molar-refractivity contribution in [1.82, 2.24) is 10.2 Å². The van der Waals surface area contributed by atoms with Gasteiger partial charge in [-0.2, -0.15) is 0 Å². The van der Waals surface area contributed by atoms with Crippen molar-refractivity contribution in [3.8, 4) is 17.6 Å². The van der Waals surface area contributed by atoms with Crippen LogP contribution in [0.1, 0.15) is 11.1 Å². The van der Waals surface area contributed by atoms with E-state index >= 15 is 0 Å². The summed E-state index contributed by atoms with van der Waals surface area (Å²) in [6, 6.07) is 5.80. The van der Waals surface area contributed by atoms with Gasteiger partial charge in [-0.1, -0.05) is 17.9 Å². The highest BCUT2D eigenvalue weighted by atomic mass is 16.5. The Morgan fingerprint density at radius 2 is 2.25 bits per heavy atom. The molecular weight excluding hydrogens is 254 g/mol. The van der Waals surface area contributed by atoms with Crippen LogP contribution in [0.5, 0.6) is 5.75 Å². The number of ether oxygens (including phenoxy) is 1. The molecule has 1 aromatic rings. The van der Waals surface area contributed by atoms with E-state index in [9.17, 15) is 4.79 Å². The number of nitrogens with one attached hydrogen (secondary N) is 1. The molecule has 0 spiro atoms. The average molecular weight is 275 g/mol. The maximum Gasteiger partial charge on any atom is 0.233 e. The fraction of sp³-hybridized carbons (Fsp3) is 0.400. The average Bonchev–Trinajstić information content (AvgIpc) is 2.44. The predicted molar refractivity (Wildman–Crippen MR) is 79.3 cm³/mol. The molecule has 5 nitrogen and oxygen atoms in total. The second-order valence-electron chi connectivity index (χ2n) is 4.39. The molecule has 1 amide bonds. The Bertz CT molecular complexity index is 518. The van der Waals surface area contributed by atoms with Gasteiger partial charge in [0, 0.05) is 13.6 Å². The molecule has 0 radical (unpaired) electrons. The monoisotopic (exact) mass is 275 g/mol. The summed E-state index contributed by atoms with van der Waals surface area (Å²) in [5.74, 6) is 6.53. The first-order valence-corrected chi connectivity index (χ1v) is 6.35. The highest BCUT2D eigenvalue weighted by molar-refractivity contribution is 5.77. The molecule has 0 unspecified atom stereocenters. The third-order valence-electron chi connectivity index (χ3n) is 2.73. The van der Waals surface area contributed by atoms with Crippen LogP contribution in [0.4, 0.5) is 0 Å². The van der Waals surface area contributed by atoms with Gasteiger partial charge in [0.15, 0.2) is 0 Å². The van der Waals surface area contributed by atoms with Crippen LogP contribution in [-0.4, -0.2) is 45.1 Å². The number of rotatable bonds is 5. The van der Waals surface area contributed by atoms with E-state index in [4.69, 9.17) is 10.5 Å². The summed E-state index contributed by atoms with van der Waals surface area (Å²) in [7, 11) is 5.13. The maximum absolute atomic E-state index is 11.3. The minimum absolute atomic E-state index is 0.0100. The van der Waals surface area contributed by atoms with Crippen LogP contribution < -0.4 is 15.8 Å². The van der Waals surface area contributed by atoms with Gasteiger partial charge < -0.3 is 15.8 Å². The summed E-state index contributed by atoms with van der Waals surface area (Å²) in [5.41, 5.74) is 7.27. The first kappa shape index (κ1) is 16.0. The molecule has 0 saturated heterocycles. The third-order valence-corrected chi connectivity index (χ3v) is 2.73. The van der Waals surface area contributed by atoms with Crippen molar-refractivity contribution in [3.05, 3.63) is 29.3 Å². The fourth-order valence-corrected chi connectivity index (χ4v) is 1.79. The second kappa shape index (κ2) is 8.20. The Kier molecular flexibility index (Phi) is 6.57. The molecule has 0 heterocycles. The minimum Gasteiger partial charge on any atom is -0.495 e. The summed E-state index contributed by atoms with van der Waals surface area (Å²) >= 11 is 0. The van der Waals surface area contributed by atoms with Crippen LogP contribution in [0.15, 0.2) is 18.2 Å². The summed E-state index contributed by atoms with van der Waals surface area (Å²) in [6.07, 6.45) is 0. The Morgan fingerprint density at radius 1 is 1.50 bits per heavy atom. The number of benzene rings is 1. The molecule has 0 saturated carbocycles. The molecule has 0 aromatic heterocycles. The number of nitrogens with two attached hydrogens (primary N) is 1. The minimum atomic E-state index is -0.0100. The van der Waals surface area contributed by atoms with Gasteiger partial charge >= 0.3 is 0 Å². The smallest absolute Gasteiger partial charge is 0.233 e. The summed E-state index contributed by atoms with van der Waals surface area (Å²) in [5, 5.41) is 2.60. The van der Waals surface area contributed by atoms with Crippen LogP contribution in [0.25, 0.3) is 0 Å². The first-order valence-electron chi connectivity index (χ1n) is 6.35. The van der Waals surface area contributed by atoms with Crippen LogP contribution >= 0.6 is 0 Å². The summed E-state index contributed by atoms with van der Waals surface area (Å²) in [4.78, 5) is 13.2. The lowest BCUT2D eigenvalue weighted by Crippen LogP contribution is -2.32.